The molecule has 8 aromatic carbocycles. The highest BCUT2D eigenvalue weighted by Crippen LogP contribution is 2.47. The van der Waals surface area contributed by atoms with E-state index < -0.39 is 0 Å². The standard InChI is InChI=1S/C55H32B3NO5S2/c1-27-17-38-49-42(18-27)63-52-31-13-7-9-15-47(31)65-54(52)57(49)33-23-34-39(25-37(33)59(38)30-11-5-4-6-12-30)60-43-19-28(2)20-44-50(43)56(34)35-24-36-41(26-40(35)61-44)62-45-21-29(3)22-46-51(45)58(36)55-53(64-46)32-14-8-10-16-48(32)66-55/h4-26H,1-3H3. The second-order valence-electron chi connectivity index (χ2n) is 18.5. The number of nitrogens with zero attached hydrogens (tertiary/aromatic N) is 1. The molecule has 66 heavy (non-hydrogen) atoms. The Morgan fingerprint density at radius 2 is 0.833 bits per heavy atom. The average Bonchev–Trinajstić information content (AvgIpc) is 3.88. The molecule has 8 heterocycles. The highest BCUT2D eigenvalue weighted by molar-refractivity contribution is 7.34. The third-order valence-electron chi connectivity index (χ3n) is 14.4. The van der Waals surface area contributed by atoms with E-state index in [0.29, 0.717) is 0 Å². The first-order chi connectivity index (χ1) is 32.4. The Morgan fingerprint density at radius 1 is 0.379 bits per heavy atom. The average molecular weight is 883 g/mol. The molecule has 6 aliphatic rings. The van der Waals surface area contributed by atoms with Crippen LogP contribution in [-0.2, 0) is 0 Å². The lowest BCUT2D eigenvalue weighted by Crippen LogP contribution is -2.63. The van der Waals surface area contributed by atoms with E-state index >= 15 is 0 Å². The van der Waals surface area contributed by atoms with E-state index in [1.54, 1.807) is 0 Å². The fourth-order valence-electron chi connectivity index (χ4n) is 11.8. The summed E-state index contributed by atoms with van der Waals surface area (Å²) >= 11 is 3.65. The van der Waals surface area contributed by atoms with Crippen LogP contribution in [0.2, 0.25) is 0 Å². The lowest BCUT2D eigenvalue weighted by atomic mass is 9.31. The summed E-state index contributed by atoms with van der Waals surface area (Å²) in [6.45, 7) is 6.03. The Bertz CT molecular complexity index is 3900. The fourth-order valence-corrected chi connectivity index (χ4v) is 14.3. The SMILES string of the molecule is Cc1cc2c3c(c1)Oc1cc4c(cc1B3c1cc3c(cc1O2)Oc1cc(C)cc2c1B3c1sc3ccccc3c1O2)B1c2sc3ccccc3c2Oc2cc(C)cc(c21)N4c1ccccc1. The number of aryl methyl sites for hydroxylation is 3. The molecule has 10 aromatic rings. The highest BCUT2D eigenvalue weighted by atomic mass is 32.1. The minimum atomic E-state index is -0.190. The molecule has 0 fully saturated rings. The van der Waals surface area contributed by atoms with Crippen LogP contribution in [0.1, 0.15) is 16.7 Å². The molecule has 6 nitrogen and oxygen atoms in total. The van der Waals surface area contributed by atoms with Crippen molar-refractivity contribution in [3.8, 4) is 57.5 Å². The normalized spacial score (nSPS) is 14.5. The van der Waals surface area contributed by atoms with Gasteiger partial charge in [0, 0.05) is 69.8 Å². The van der Waals surface area contributed by atoms with Gasteiger partial charge in [0.15, 0.2) is 0 Å². The van der Waals surface area contributed by atoms with Crippen LogP contribution in [-0.4, -0.2) is 20.1 Å². The van der Waals surface area contributed by atoms with E-state index in [1.807, 2.05) is 22.7 Å². The van der Waals surface area contributed by atoms with Crippen molar-refractivity contribution in [2.75, 3.05) is 4.90 Å². The number of benzene rings is 8. The summed E-state index contributed by atoms with van der Waals surface area (Å²) in [4.78, 5) is 2.41. The van der Waals surface area contributed by atoms with Crippen molar-refractivity contribution in [3.05, 3.63) is 156 Å². The van der Waals surface area contributed by atoms with Crippen molar-refractivity contribution in [3.63, 3.8) is 0 Å². The Balaban J connectivity index is 0.964. The maximum Gasteiger partial charge on any atom is 0.273 e. The van der Waals surface area contributed by atoms with Gasteiger partial charge in [0.05, 0.1) is 0 Å². The number of ether oxygens (including phenoxy) is 5. The van der Waals surface area contributed by atoms with Crippen LogP contribution >= 0.6 is 22.7 Å². The molecule has 0 unspecified atom stereocenters. The first-order valence-electron chi connectivity index (χ1n) is 22.5. The van der Waals surface area contributed by atoms with Crippen molar-refractivity contribution >= 4 is 128 Å². The Labute approximate surface area is 388 Å². The molecule has 0 atom stereocenters. The van der Waals surface area contributed by atoms with Crippen molar-refractivity contribution in [2.45, 2.75) is 20.8 Å². The van der Waals surface area contributed by atoms with Gasteiger partial charge < -0.3 is 28.6 Å². The lowest BCUT2D eigenvalue weighted by molar-refractivity contribution is 0.452. The minimum Gasteiger partial charge on any atom is -0.458 e. The predicted octanol–water partition coefficient (Wildman–Crippen LogP) is 8.90. The van der Waals surface area contributed by atoms with Gasteiger partial charge in [0.1, 0.15) is 57.5 Å². The second kappa shape index (κ2) is 12.5. The Kier molecular flexibility index (Phi) is 6.82. The third-order valence-corrected chi connectivity index (χ3v) is 16.9. The monoisotopic (exact) mass is 883 g/mol. The second-order valence-corrected chi connectivity index (χ2v) is 20.7. The maximum atomic E-state index is 7.16. The van der Waals surface area contributed by atoms with Gasteiger partial charge in [-0.05, 0) is 138 Å². The van der Waals surface area contributed by atoms with E-state index in [9.17, 15) is 0 Å². The van der Waals surface area contributed by atoms with Crippen molar-refractivity contribution in [1.82, 2.24) is 0 Å². The molecule has 0 aliphatic carbocycles. The van der Waals surface area contributed by atoms with Crippen LogP contribution in [0.3, 0.4) is 0 Å². The van der Waals surface area contributed by atoms with Gasteiger partial charge in [-0.2, -0.15) is 0 Å². The molecular formula is C55H32B3NO5S2. The zero-order valence-corrected chi connectivity index (χ0v) is 37.4. The molecule has 0 amide bonds. The largest absolute Gasteiger partial charge is 0.458 e. The summed E-state index contributed by atoms with van der Waals surface area (Å²) in [5, 5.41) is 2.28. The van der Waals surface area contributed by atoms with E-state index in [0.717, 1.165) is 129 Å². The molecule has 0 spiro atoms. The molecule has 308 valence electrons. The molecule has 0 saturated heterocycles. The minimum absolute atomic E-state index is 0.0702. The van der Waals surface area contributed by atoms with E-state index in [4.69, 9.17) is 23.7 Å². The topological polar surface area (TPSA) is 49.4 Å². The van der Waals surface area contributed by atoms with Crippen LogP contribution in [0.5, 0.6) is 57.5 Å². The quantitative estimate of drug-likeness (QED) is 0.154. The number of rotatable bonds is 1. The number of hydrogen-bond donors (Lipinski definition) is 0. The van der Waals surface area contributed by atoms with Crippen LogP contribution < -0.4 is 76.4 Å². The van der Waals surface area contributed by atoms with Crippen LogP contribution in [0.25, 0.3) is 20.2 Å². The van der Waals surface area contributed by atoms with Crippen molar-refractivity contribution < 1.29 is 23.7 Å². The molecule has 0 saturated carbocycles. The molecule has 0 radical (unpaired) electrons. The molecule has 0 N–H and O–H groups in total. The summed E-state index contributed by atoms with van der Waals surface area (Å²) in [5.41, 5.74) is 14.4. The number of anilines is 3. The number of thiophene rings is 2. The molecule has 2 aromatic heterocycles. The fraction of sp³-hybridized carbons (Fsp3) is 0.0545. The lowest BCUT2D eigenvalue weighted by Gasteiger charge is -2.41. The first kappa shape index (κ1) is 36.0. The number of para-hydroxylation sites is 1. The van der Waals surface area contributed by atoms with Crippen LogP contribution in [0.4, 0.5) is 17.1 Å². The van der Waals surface area contributed by atoms with Crippen LogP contribution in [0.15, 0.2) is 140 Å². The van der Waals surface area contributed by atoms with Gasteiger partial charge in [0.25, 0.3) is 20.1 Å². The summed E-state index contributed by atoms with van der Waals surface area (Å²) in [7, 11) is 0. The van der Waals surface area contributed by atoms with E-state index in [1.165, 1.54) is 29.9 Å². The van der Waals surface area contributed by atoms with Gasteiger partial charge in [-0.3, -0.25) is 0 Å². The molecular weight excluding hydrogens is 851 g/mol. The number of hydrogen-bond acceptors (Lipinski definition) is 8. The molecule has 6 aliphatic heterocycles. The van der Waals surface area contributed by atoms with Crippen molar-refractivity contribution in [1.29, 1.82) is 0 Å². The molecule has 0 bridgehead atoms. The summed E-state index contributed by atoms with van der Waals surface area (Å²) in [6.07, 6.45) is 0. The Hall–Kier alpha value is -7.33. The van der Waals surface area contributed by atoms with E-state index in [2.05, 4.69) is 165 Å². The van der Waals surface area contributed by atoms with Gasteiger partial charge in [-0.15, -0.1) is 22.7 Å². The maximum absolute atomic E-state index is 7.16. The number of fused-ring (bicyclic) bond motifs is 16. The highest BCUT2D eigenvalue weighted by Gasteiger charge is 2.49. The smallest absolute Gasteiger partial charge is 0.273 e. The zero-order chi connectivity index (χ0) is 43.3. The summed E-state index contributed by atoms with van der Waals surface area (Å²) in [5.74, 6) is 8.55. The molecule has 11 heteroatoms. The van der Waals surface area contributed by atoms with Gasteiger partial charge in [0.2, 0.25) is 0 Å². The van der Waals surface area contributed by atoms with Gasteiger partial charge in [-0.1, -0.05) is 54.6 Å². The van der Waals surface area contributed by atoms with Gasteiger partial charge >= 0.3 is 0 Å². The third kappa shape index (κ3) is 4.64. The van der Waals surface area contributed by atoms with E-state index in [-0.39, 0.29) is 20.1 Å². The summed E-state index contributed by atoms with van der Waals surface area (Å²) < 4.78 is 39.8. The summed E-state index contributed by atoms with van der Waals surface area (Å²) in [6, 6.07) is 50.3. The zero-order valence-electron chi connectivity index (χ0n) is 35.8. The molecule has 16 rings (SSSR count). The Morgan fingerprint density at radius 3 is 1.44 bits per heavy atom. The predicted molar refractivity (Wildman–Crippen MR) is 273 cm³/mol. The first-order valence-corrected chi connectivity index (χ1v) is 24.1. The van der Waals surface area contributed by atoms with Crippen LogP contribution in [0, 0.1) is 20.8 Å². The van der Waals surface area contributed by atoms with Gasteiger partial charge in [-0.25, -0.2) is 0 Å². The van der Waals surface area contributed by atoms with Crippen molar-refractivity contribution in [2.24, 2.45) is 0 Å².